The van der Waals surface area contributed by atoms with E-state index in [9.17, 15) is 10.4 Å². The summed E-state index contributed by atoms with van der Waals surface area (Å²) < 4.78 is 1.88. The molecular formula is C20H16N2O2. The molecule has 0 radical (unpaired) electrons. The third kappa shape index (κ3) is 2.00. The molecular weight excluding hydrogens is 300 g/mol. The number of aryl methyl sites for hydroxylation is 2. The van der Waals surface area contributed by atoms with Crippen LogP contribution in [0.1, 0.15) is 11.4 Å². The molecule has 0 aliphatic carbocycles. The van der Waals surface area contributed by atoms with Crippen LogP contribution in [-0.2, 0) is 0 Å². The second-order valence-electron chi connectivity index (χ2n) is 6.02. The minimum atomic E-state index is 0.589. The molecule has 0 bridgehead atoms. The van der Waals surface area contributed by atoms with Gasteiger partial charge >= 0.3 is 0 Å². The van der Waals surface area contributed by atoms with Crippen molar-refractivity contribution in [3.63, 3.8) is 0 Å². The summed E-state index contributed by atoms with van der Waals surface area (Å²) in [6.07, 6.45) is 0. The molecule has 0 aliphatic rings. The molecule has 2 aromatic heterocycles. The minimum absolute atomic E-state index is 0.589. The lowest BCUT2D eigenvalue weighted by Gasteiger charge is -2.12. The Hall–Kier alpha value is -3.14. The molecule has 0 aliphatic heterocycles. The van der Waals surface area contributed by atoms with E-state index in [1.807, 2.05) is 48.5 Å². The van der Waals surface area contributed by atoms with Gasteiger partial charge in [0.25, 0.3) is 0 Å². The predicted molar refractivity (Wildman–Crippen MR) is 94.3 cm³/mol. The number of para-hydroxylation sites is 2. The van der Waals surface area contributed by atoms with Crippen LogP contribution in [0.15, 0.2) is 60.7 Å². The van der Waals surface area contributed by atoms with Crippen LogP contribution < -0.4 is 9.46 Å². The van der Waals surface area contributed by atoms with Crippen LogP contribution in [0.4, 0.5) is 0 Å². The van der Waals surface area contributed by atoms with E-state index < -0.39 is 0 Å². The van der Waals surface area contributed by atoms with Crippen molar-refractivity contribution in [2.75, 3.05) is 0 Å². The summed E-state index contributed by atoms with van der Waals surface area (Å²) in [5.41, 5.74) is 3.97. The van der Waals surface area contributed by atoms with Gasteiger partial charge in [0.05, 0.1) is 11.1 Å². The highest BCUT2D eigenvalue weighted by Crippen LogP contribution is 2.31. The highest BCUT2D eigenvalue weighted by Gasteiger charge is 2.20. The largest absolute Gasteiger partial charge is 0.618 e. The van der Waals surface area contributed by atoms with Gasteiger partial charge in [0.15, 0.2) is 11.4 Å². The standard InChI is InChI=1S/C20H16N2O2/c1-13-9-11-15-5-3-7-17(19(15)21(13)23)18-8-4-6-16-12-10-14(2)22(24)20(16)18/h3-12H,1-2H3. The number of benzene rings is 2. The van der Waals surface area contributed by atoms with Crippen LogP contribution in [-0.4, -0.2) is 0 Å². The maximum Gasteiger partial charge on any atom is 0.232 e. The molecule has 0 unspecified atom stereocenters. The Balaban J connectivity index is 2.19. The lowest BCUT2D eigenvalue weighted by atomic mass is 9.98. The van der Waals surface area contributed by atoms with Crippen molar-refractivity contribution >= 4 is 21.8 Å². The van der Waals surface area contributed by atoms with Crippen LogP contribution in [0.2, 0.25) is 0 Å². The Kier molecular flexibility index (Phi) is 3.13. The van der Waals surface area contributed by atoms with Gasteiger partial charge in [0.1, 0.15) is 0 Å². The molecule has 0 spiro atoms. The van der Waals surface area contributed by atoms with Gasteiger partial charge in [0, 0.05) is 36.8 Å². The minimum Gasteiger partial charge on any atom is -0.618 e. The number of fused-ring (bicyclic) bond motifs is 2. The van der Waals surface area contributed by atoms with Crippen molar-refractivity contribution in [3.05, 3.63) is 82.5 Å². The van der Waals surface area contributed by atoms with E-state index in [2.05, 4.69) is 0 Å². The van der Waals surface area contributed by atoms with Crippen molar-refractivity contribution in [1.82, 2.24) is 0 Å². The molecule has 4 rings (SSSR count). The van der Waals surface area contributed by atoms with Crippen molar-refractivity contribution in [1.29, 1.82) is 0 Å². The topological polar surface area (TPSA) is 53.9 Å². The van der Waals surface area contributed by atoms with Gasteiger partial charge in [-0.1, -0.05) is 12.1 Å². The first-order valence-corrected chi connectivity index (χ1v) is 7.82. The van der Waals surface area contributed by atoms with Crippen LogP contribution in [0.3, 0.4) is 0 Å². The number of hydrogen-bond acceptors (Lipinski definition) is 2. The normalized spacial score (nSPS) is 11.2. The van der Waals surface area contributed by atoms with Gasteiger partial charge in [-0.2, -0.15) is 9.46 Å². The molecule has 2 heterocycles. The van der Waals surface area contributed by atoms with Gasteiger partial charge in [0.2, 0.25) is 11.0 Å². The summed E-state index contributed by atoms with van der Waals surface area (Å²) in [5, 5.41) is 27.0. The fraction of sp³-hybridized carbons (Fsp3) is 0.100. The average molecular weight is 316 g/mol. The summed E-state index contributed by atoms with van der Waals surface area (Å²) in [5.74, 6) is 0. The summed E-state index contributed by atoms with van der Waals surface area (Å²) in [7, 11) is 0. The first-order chi connectivity index (χ1) is 11.6. The molecule has 24 heavy (non-hydrogen) atoms. The van der Waals surface area contributed by atoms with Crippen molar-refractivity contribution < 1.29 is 9.46 Å². The van der Waals surface area contributed by atoms with Crippen LogP contribution >= 0.6 is 0 Å². The maximum absolute atomic E-state index is 12.6. The summed E-state index contributed by atoms with van der Waals surface area (Å²) in [6.45, 7) is 3.56. The average Bonchev–Trinajstić information content (AvgIpc) is 2.60. The van der Waals surface area contributed by atoms with Crippen LogP contribution in [0.25, 0.3) is 32.9 Å². The van der Waals surface area contributed by atoms with Gasteiger partial charge in [-0.05, 0) is 36.4 Å². The molecule has 2 aromatic carbocycles. The predicted octanol–water partition coefficient (Wildman–Crippen LogP) is 3.54. The second kappa shape index (κ2) is 5.20. The fourth-order valence-electron chi connectivity index (χ4n) is 3.19. The fourth-order valence-corrected chi connectivity index (χ4v) is 3.19. The Labute approximate surface area is 139 Å². The van der Waals surface area contributed by atoms with Gasteiger partial charge in [-0.15, -0.1) is 0 Å². The zero-order valence-electron chi connectivity index (χ0n) is 13.5. The molecule has 0 fully saturated rings. The zero-order valence-corrected chi connectivity index (χ0v) is 13.5. The molecule has 4 nitrogen and oxygen atoms in total. The summed E-state index contributed by atoms with van der Waals surface area (Å²) >= 11 is 0. The monoisotopic (exact) mass is 316 g/mol. The van der Waals surface area contributed by atoms with Gasteiger partial charge < -0.3 is 10.4 Å². The smallest absolute Gasteiger partial charge is 0.232 e. The first-order valence-electron chi connectivity index (χ1n) is 7.82. The van der Waals surface area contributed by atoms with E-state index in [0.29, 0.717) is 22.4 Å². The summed E-state index contributed by atoms with van der Waals surface area (Å²) in [6, 6.07) is 18.9. The molecule has 0 N–H and O–H groups in total. The molecule has 0 amide bonds. The molecule has 4 aromatic rings. The molecule has 0 saturated carbocycles. The number of pyridine rings is 2. The number of rotatable bonds is 1. The van der Waals surface area contributed by atoms with Gasteiger partial charge in [-0.25, -0.2) is 0 Å². The molecule has 4 heteroatoms. The van der Waals surface area contributed by atoms with Crippen molar-refractivity contribution in [2.45, 2.75) is 13.8 Å². The first kappa shape index (κ1) is 14.5. The van der Waals surface area contributed by atoms with E-state index in [0.717, 1.165) is 31.4 Å². The molecule has 0 saturated heterocycles. The molecule has 118 valence electrons. The Morgan fingerprint density at radius 1 is 0.583 bits per heavy atom. The lowest BCUT2D eigenvalue weighted by molar-refractivity contribution is -0.585. The van der Waals surface area contributed by atoms with E-state index >= 15 is 0 Å². The maximum atomic E-state index is 12.6. The SMILES string of the molecule is Cc1ccc2cccc(-c3cccc4ccc(C)[n+]([O-])c34)c2[n+]1[O-]. The Morgan fingerprint density at radius 3 is 1.42 bits per heavy atom. The quantitative estimate of drug-likeness (QED) is 0.398. The van der Waals surface area contributed by atoms with Gasteiger partial charge in [-0.3, -0.25) is 0 Å². The third-order valence-corrected chi connectivity index (χ3v) is 4.48. The number of aromatic nitrogens is 2. The Bertz CT molecular complexity index is 1010. The third-order valence-electron chi connectivity index (χ3n) is 4.48. The van der Waals surface area contributed by atoms with Crippen molar-refractivity contribution in [3.8, 4) is 11.1 Å². The zero-order chi connectivity index (χ0) is 16.8. The Morgan fingerprint density at radius 2 is 1.00 bits per heavy atom. The van der Waals surface area contributed by atoms with E-state index in [-0.39, 0.29) is 0 Å². The molecule has 0 atom stereocenters. The van der Waals surface area contributed by atoms with Crippen molar-refractivity contribution in [2.24, 2.45) is 0 Å². The van der Waals surface area contributed by atoms with Crippen LogP contribution in [0.5, 0.6) is 0 Å². The van der Waals surface area contributed by atoms with E-state index in [1.54, 1.807) is 26.0 Å². The number of nitrogens with zero attached hydrogens (tertiary/aromatic N) is 2. The number of hydrogen-bond donors (Lipinski definition) is 0. The highest BCUT2D eigenvalue weighted by molar-refractivity contribution is 6.00. The summed E-state index contributed by atoms with van der Waals surface area (Å²) in [4.78, 5) is 0. The highest BCUT2D eigenvalue weighted by atomic mass is 16.5. The van der Waals surface area contributed by atoms with Crippen LogP contribution in [0, 0.1) is 24.3 Å². The second-order valence-corrected chi connectivity index (χ2v) is 6.02. The van der Waals surface area contributed by atoms with E-state index in [1.165, 1.54) is 0 Å². The van der Waals surface area contributed by atoms with E-state index in [4.69, 9.17) is 0 Å². The lowest BCUT2D eigenvalue weighted by Crippen LogP contribution is -2.32.